The van der Waals surface area contributed by atoms with Gasteiger partial charge in [0.1, 0.15) is 0 Å². The number of aromatic nitrogens is 1. The van der Waals surface area contributed by atoms with Gasteiger partial charge in [0.05, 0.1) is 17.4 Å². The number of benzene rings is 2. The van der Waals surface area contributed by atoms with Crippen molar-refractivity contribution >= 4 is 10.9 Å². The second kappa shape index (κ2) is 13.8. The van der Waals surface area contributed by atoms with Crippen LogP contribution in [0, 0.1) is 31.7 Å². The summed E-state index contributed by atoms with van der Waals surface area (Å²) in [6.45, 7) is 16.5. The number of aliphatic hydroxyl groups excluding tert-OH is 2. The van der Waals surface area contributed by atoms with Crippen LogP contribution in [-0.2, 0) is 32.9 Å². The minimum absolute atomic E-state index is 0. The second-order valence-electron chi connectivity index (χ2n) is 10.0. The van der Waals surface area contributed by atoms with Crippen LogP contribution in [-0.4, -0.2) is 21.3 Å². The third-order valence-corrected chi connectivity index (χ3v) is 5.13. The molecule has 0 aliphatic rings. The number of aliphatic hydroxyl groups is 2. The smallest absolute Gasteiger partial charge is 0.0877 e. The maximum atomic E-state index is 8.49. The van der Waals surface area contributed by atoms with Crippen LogP contribution < -0.4 is 0 Å². The number of allylic oxidation sites excluding steroid dienone is 1. The molecule has 2 aromatic carbocycles. The Hall–Kier alpha value is -2.00. The molecule has 0 aliphatic heterocycles. The van der Waals surface area contributed by atoms with Crippen molar-refractivity contribution in [3.8, 4) is 11.3 Å². The van der Waals surface area contributed by atoms with Gasteiger partial charge < -0.3 is 10.2 Å². The van der Waals surface area contributed by atoms with E-state index in [0.717, 1.165) is 35.2 Å². The predicted octanol–water partition coefficient (Wildman–Crippen LogP) is 7.54. The molecule has 3 nitrogen and oxygen atoms in total. The van der Waals surface area contributed by atoms with Gasteiger partial charge in [-0.05, 0) is 67.5 Å². The molecule has 0 bridgehead atoms. The van der Waals surface area contributed by atoms with E-state index >= 15 is 0 Å². The molecule has 0 amide bonds. The van der Waals surface area contributed by atoms with E-state index in [9.17, 15) is 0 Å². The Morgan fingerprint density at radius 2 is 1.62 bits per heavy atom. The van der Waals surface area contributed by atoms with Crippen LogP contribution in [0.25, 0.3) is 22.2 Å². The molecule has 4 heteroatoms. The van der Waals surface area contributed by atoms with Gasteiger partial charge in [-0.2, -0.15) is 0 Å². The molecule has 2 N–H and O–H groups in total. The molecule has 0 saturated carbocycles. The van der Waals surface area contributed by atoms with Crippen molar-refractivity contribution in [3.63, 3.8) is 0 Å². The van der Waals surface area contributed by atoms with E-state index in [1.54, 1.807) is 6.92 Å². The van der Waals surface area contributed by atoms with Crippen molar-refractivity contribution in [2.75, 3.05) is 0 Å². The zero-order chi connectivity index (χ0) is 24.7. The van der Waals surface area contributed by atoms with Crippen molar-refractivity contribution in [3.05, 3.63) is 76.6 Å². The fraction of sp³-hybridized carbons (Fsp3) is 0.433. The monoisotopic (exact) mass is 639 g/mol. The van der Waals surface area contributed by atoms with Crippen molar-refractivity contribution in [1.82, 2.24) is 4.98 Å². The largest absolute Gasteiger partial charge is 0.513 e. The third kappa shape index (κ3) is 9.70. The maximum absolute atomic E-state index is 8.49. The van der Waals surface area contributed by atoms with Gasteiger partial charge in [0.25, 0.3) is 0 Å². The normalized spacial score (nSPS) is 12.4. The van der Waals surface area contributed by atoms with Crippen LogP contribution in [0.3, 0.4) is 0 Å². The van der Waals surface area contributed by atoms with Gasteiger partial charge in [0.2, 0.25) is 0 Å². The van der Waals surface area contributed by atoms with E-state index in [4.69, 9.17) is 15.2 Å². The van der Waals surface area contributed by atoms with E-state index in [1.807, 2.05) is 0 Å². The van der Waals surface area contributed by atoms with Gasteiger partial charge in [-0.1, -0.05) is 59.7 Å². The quantitative estimate of drug-likeness (QED) is 0.217. The number of hydrogen-bond acceptors (Lipinski definition) is 3. The first-order valence-electron chi connectivity index (χ1n) is 11.9. The summed E-state index contributed by atoms with van der Waals surface area (Å²) < 4.78 is 0. The zero-order valence-corrected chi connectivity index (χ0v) is 24.3. The van der Waals surface area contributed by atoms with Crippen molar-refractivity contribution < 1.29 is 30.3 Å². The molecule has 3 rings (SSSR count). The number of nitrogens with zero attached hydrogens (tertiary/aromatic N) is 1. The summed E-state index contributed by atoms with van der Waals surface area (Å²) >= 11 is 0. The van der Waals surface area contributed by atoms with E-state index in [1.165, 1.54) is 35.1 Å². The molecule has 0 aliphatic carbocycles. The Bertz CT molecular complexity index is 1080. The summed E-state index contributed by atoms with van der Waals surface area (Å²) in [5, 5.41) is 18.2. The third-order valence-electron chi connectivity index (χ3n) is 5.13. The van der Waals surface area contributed by atoms with E-state index < -0.39 is 6.10 Å². The minimum atomic E-state index is -0.537. The fourth-order valence-corrected chi connectivity index (χ4v) is 4.11. The van der Waals surface area contributed by atoms with Gasteiger partial charge in [-0.3, -0.25) is 4.98 Å². The summed E-state index contributed by atoms with van der Waals surface area (Å²) in [5.74, 6) is 1.45. The molecule has 0 saturated heterocycles. The molecule has 1 radical (unpaired) electrons. The first kappa shape index (κ1) is 30.0. The summed E-state index contributed by atoms with van der Waals surface area (Å²) in [5.41, 5.74) is 8.46. The topological polar surface area (TPSA) is 53.4 Å². The standard InChI is InChI=1S/C25H30N.C5H10O2.Ir/c1-16(2)9-20-14-21(10-17(3)4)23-7-8-24(26-25(23)15-20)22-12-18(5)11-19(6)13-22;1-4(6)3-5(2)7;/h7-8,11-12,14-17H,9-10H2,1-6H3;3-4,6-7H,1-2H3;/q-1;;. The predicted molar refractivity (Wildman–Crippen MR) is 141 cm³/mol. The molecule has 0 fully saturated rings. The number of pyridine rings is 1. The number of fused-ring (bicyclic) bond motifs is 1. The molecule has 3 aromatic rings. The van der Waals surface area contributed by atoms with E-state index in [-0.39, 0.29) is 25.9 Å². The van der Waals surface area contributed by atoms with Crippen LogP contribution in [0.15, 0.2) is 48.2 Å². The van der Waals surface area contributed by atoms with E-state index in [0.29, 0.717) is 11.8 Å². The van der Waals surface area contributed by atoms with Crippen molar-refractivity contribution in [2.24, 2.45) is 11.8 Å². The zero-order valence-electron chi connectivity index (χ0n) is 21.9. The summed E-state index contributed by atoms with van der Waals surface area (Å²) in [6.07, 6.45) is 3.02. The SMILES string of the molecule is CC(O)=CC(C)O.Cc1[c-]c(-c2ccc3c(CC(C)C)cc(CC(C)C)cc3n2)cc(C)c1.[Ir]. The van der Waals surface area contributed by atoms with Crippen LogP contribution in [0.5, 0.6) is 0 Å². The van der Waals surface area contributed by atoms with E-state index in [2.05, 4.69) is 84.0 Å². The van der Waals surface area contributed by atoms with Crippen LogP contribution >= 0.6 is 0 Å². The molecule has 1 heterocycles. The maximum Gasteiger partial charge on any atom is 0.0877 e. The molecule has 34 heavy (non-hydrogen) atoms. The fourth-order valence-electron chi connectivity index (χ4n) is 4.11. The first-order valence-corrected chi connectivity index (χ1v) is 11.9. The Labute approximate surface area is 219 Å². The Kier molecular flexibility index (Phi) is 12.2. The van der Waals surface area contributed by atoms with Gasteiger partial charge >= 0.3 is 0 Å². The first-order chi connectivity index (χ1) is 15.4. The minimum Gasteiger partial charge on any atom is -0.513 e. The van der Waals surface area contributed by atoms with Crippen molar-refractivity contribution in [1.29, 1.82) is 0 Å². The molecule has 1 aromatic heterocycles. The average molecular weight is 639 g/mol. The Balaban J connectivity index is 0.000000633. The summed E-state index contributed by atoms with van der Waals surface area (Å²) in [6, 6.07) is 16.9. The van der Waals surface area contributed by atoms with Crippen LogP contribution in [0.2, 0.25) is 0 Å². The number of rotatable bonds is 6. The molecule has 187 valence electrons. The molecule has 1 unspecified atom stereocenters. The summed E-state index contributed by atoms with van der Waals surface area (Å²) in [7, 11) is 0. The molecule has 1 atom stereocenters. The molecular formula is C30H40IrNO2-. The Morgan fingerprint density at radius 3 is 2.12 bits per heavy atom. The summed E-state index contributed by atoms with van der Waals surface area (Å²) in [4.78, 5) is 5.03. The van der Waals surface area contributed by atoms with Gasteiger partial charge in [-0.15, -0.1) is 34.9 Å². The average Bonchev–Trinajstić information content (AvgIpc) is 2.65. The van der Waals surface area contributed by atoms with Gasteiger partial charge in [0, 0.05) is 25.5 Å². The van der Waals surface area contributed by atoms with Gasteiger partial charge in [-0.25, -0.2) is 0 Å². The van der Waals surface area contributed by atoms with Crippen LogP contribution in [0.4, 0.5) is 0 Å². The number of hydrogen-bond donors (Lipinski definition) is 2. The molecule has 0 spiro atoms. The van der Waals surface area contributed by atoms with Gasteiger partial charge in [0.15, 0.2) is 0 Å². The second-order valence-corrected chi connectivity index (χ2v) is 10.0. The molecular weight excluding hydrogens is 599 g/mol. The number of aryl methyl sites for hydroxylation is 2. The van der Waals surface area contributed by atoms with Crippen molar-refractivity contribution in [2.45, 2.75) is 74.3 Å². The van der Waals surface area contributed by atoms with Crippen LogP contribution in [0.1, 0.15) is 63.8 Å². The Morgan fingerprint density at radius 1 is 0.971 bits per heavy atom.